The van der Waals surface area contributed by atoms with Crippen molar-refractivity contribution < 1.29 is 9.53 Å². The van der Waals surface area contributed by atoms with E-state index in [-0.39, 0.29) is 5.91 Å². The number of ether oxygens (including phenoxy) is 1. The predicted octanol–water partition coefficient (Wildman–Crippen LogP) is 9.65. The van der Waals surface area contributed by atoms with E-state index in [1.54, 1.807) is 17.0 Å². The second kappa shape index (κ2) is 11.9. The van der Waals surface area contributed by atoms with Crippen molar-refractivity contribution in [1.82, 2.24) is 0 Å². The molecule has 0 bridgehead atoms. The van der Waals surface area contributed by atoms with E-state index in [4.69, 9.17) is 44.5 Å². The summed E-state index contributed by atoms with van der Waals surface area (Å²) in [4.78, 5) is 20.5. The Hall–Kier alpha value is -3.22. The highest BCUT2D eigenvalue weighted by Crippen LogP contribution is 2.39. The summed E-state index contributed by atoms with van der Waals surface area (Å²) in [5, 5.41) is 2.41. The van der Waals surface area contributed by atoms with Crippen LogP contribution in [0.3, 0.4) is 0 Å². The Labute approximate surface area is 246 Å². The third kappa shape index (κ3) is 6.51. The summed E-state index contributed by atoms with van der Waals surface area (Å²) in [6, 6.07) is 26.3. The van der Waals surface area contributed by atoms with Gasteiger partial charge in [0.1, 0.15) is 12.4 Å². The van der Waals surface area contributed by atoms with Gasteiger partial charge in [-0.2, -0.15) is 0 Å². The minimum absolute atomic E-state index is 0.181. The maximum Gasteiger partial charge on any atom is 0.271 e. The number of rotatable bonds is 6. The molecular formula is C31H23Cl3N2O2S. The lowest BCUT2D eigenvalue weighted by molar-refractivity contribution is -0.113. The van der Waals surface area contributed by atoms with Crippen LogP contribution < -0.4 is 9.64 Å². The molecule has 0 aromatic heterocycles. The van der Waals surface area contributed by atoms with Crippen molar-refractivity contribution in [2.45, 2.75) is 20.5 Å². The van der Waals surface area contributed by atoms with Gasteiger partial charge in [-0.1, -0.05) is 71.2 Å². The number of anilines is 1. The van der Waals surface area contributed by atoms with Crippen LogP contribution in [0.5, 0.6) is 5.75 Å². The highest BCUT2D eigenvalue weighted by Gasteiger charge is 2.35. The zero-order valence-electron chi connectivity index (χ0n) is 21.1. The maximum absolute atomic E-state index is 13.6. The molecule has 0 spiro atoms. The summed E-state index contributed by atoms with van der Waals surface area (Å²) in [5.74, 6) is 0.548. The fourth-order valence-electron chi connectivity index (χ4n) is 3.82. The number of nitrogens with zero attached hydrogens (tertiary/aromatic N) is 2. The highest BCUT2D eigenvalue weighted by molar-refractivity contribution is 8.19. The van der Waals surface area contributed by atoms with Gasteiger partial charge in [0.25, 0.3) is 5.91 Å². The van der Waals surface area contributed by atoms with Gasteiger partial charge >= 0.3 is 0 Å². The molecule has 4 aromatic carbocycles. The van der Waals surface area contributed by atoms with E-state index in [1.807, 2.05) is 92.7 Å². The van der Waals surface area contributed by atoms with E-state index in [0.29, 0.717) is 43.1 Å². The fourth-order valence-corrected chi connectivity index (χ4v) is 5.29. The Morgan fingerprint density at radius 3 is 2.18 bits per heavy atom. The van der Waals surface area contributed by atoms with E-state index in [2.05, 4.69) is 0 Å². The van der Waals surface area contributed by atoms with Crippen LogP contribution in [0.15, 0.2) is 94.8 Å². The molecule has 4 nitrogen and oxygen atoms in total. The Morgan fingerprint density at radius 2 is 1.51 bits per heavy atom. The molecule has 1 fully saturated rings. The zero-order chi connectivity index (χ0) is 27.5. The summed E-state index contributed by atoms with van der Waals surface area (Å²) in [5.41, 5.74) is 5.08. The molecule has 8 heteroatoms. The van der Waals surface area contributed by atoms with Crippen LogP contribution in [0.25, 0.3) is 6.08 Å². The zero-order valence-corrected chi connectivity index (χ0v) is 24.2. The third-order valence-corrected chi connectivity index (χ3v) is 8.13. The predicted molar refractivity (Wildman–Crippen MR) is 165 cm³/mol. The smallest absolute Gasteiger partial charge is 0.271 e. The quantitative estimate of drug-likeness (QED) is 0.209. The monoisotopic (exact) mass is 592 g/mol. The first-order chi connectivity index (χ1) is 18.8. The van der Waals surface area contributed by atoms with Gasteiger partial charge < -0.3 is 4.74 Å². The number of benzene rings is 4. The molecule has 0 unspecified atom stereocenters. The molecule has 0 N–H and O–H groups in total. The summed E-state index contributed by atoms with van der Waals surface area (Å²) in [6.45, 7) is 4.29. The van der Waals surface area contributed by atoms with Gasteiger partial charge in [0.05, 0.1) is 16.3 Å². The van der Waals surface area contributed by atoms with Gasteiger partial charge in [0, 0.05) is 15.1 Å². The van der Waals surface area contributed by atoms with Crippen LogP contribution in [0.1, 0.15) is 22.3 Å². The van der Waals surface area contributed by atoms with Crippen LogP contribution >= 0.6 is 46.6 Å². The maximum atomic E-state index is 13.6. The number of carbonyl (C=O) groups is 1. The third-order valence-electron chi connectivity index (χ3n) is 6.10. The van der Waals surface area contributed by atoms with Crippen LogP contribution in [0.4, 0.5) is 11.4 Å². The second-order valence-electron chi connectivity index (χ2n) is 9.00. The van der Waals surface area contributed by atoms with Gasteiger partial charge in [-0.15, -0.1) is 0 Å². The first kappa shape index (κ1) is 27.4. The van der Waals surface area contributed by atoms with Gasteiger partial charge in [0.15, 0.2) is 5.17 Å². The van der Waals surface area contributed by atoms with Crippen molar-refractivity contribution in [3.05, 3.63) is 127 Å². The van der Waals surface area contributed by atoms with Crippen molar-refractivity contribution in [3.63, 3.8) is 0 Å². The molecule has 1 amide bonds. The normalized spacial score (nSPS) is 15.4. The van der Waals surface area contributed by atoms with Gasteiger partial charge in [-0.05, 0) is 102 Å². The summed E-state index contributed by atoms with van der Waals surface area (Å²) >= 11 is 20.0. The Kier molecular flexibility index (Phi) is 8.34. The first-order valence-corrected chi connectivity index (χ1v) is 14.0. The van der Waals surface area contributed by atoms with Crippen LogP contribution in [0.2, 0.25) is 15.1 Å². The Balaban J connectivity index is 1.41. The van der Waals surface area contributed by atoms with Gasteiger partial charge in [-0.25, -0.2) is 4.99 Å². The summed E-state index contributed by atoms with van der Waals surface area (Å²) in [7, 11) is 0. The van der Waals surface area contributed by atoms with Crippen LogP contribution in [0, 0.1) is 13.8 Å². The van der Waals surface area contributed by atoms with Crippen molar-refractivity contribution in [1.29, 1.82) is 0 Å². The molecule has 0 radical (unpaired) electrons. The molecule has 0 atom stereocenters. The number of aryl methyl sites for hydroxylation is 2. The number of hydrogen-bond donors (Lipinski definition) is 0. The lowest BCUT2D eigenvalue weighted by Gasteiger charge is -2.16. The van der Waals surface area contributed by atoms with Crippen molar-refractivity contribution in [3.8, 4) is 5.75 Å². The molecule has 1 aliphatic heterocycles. The first-order valence-electron chi connectivity index (χ1n) is 12.1. The molecule has 5 rings (SSSR count). The molecule has 196 valence electrons. The number of carbonyl (C=O) groups excluding carboxylic acids is 1. The average Bonchev–Trinajstić information content (AvgIpc) is 3.22. The van der Waals surface area contributed by atoms with Crippen LogP contribution in [-0.2, 0) is 11.4 Å². The molecule has 0 aliphatic carbocycles. The Bertz CT molecular complexity index is 1600. The van der Waals surface area contributed by atoms with E-state index in [9.17, 15) is 4.79 Å². The lowest BCUT2D eigenvalue weighted by Crippen LogP contribution is -2.28. The van der Waals surface area contributed by atoms with Crippen molar-refractivity contribution in [2.24, 2.45) is 4.99 Å². The molecule has 39 heavy (non-hydrogen) atoms. The van der Waals surface area contributed by atoms with E-state index >= 15 is 0 Å². The molecule has 0 saturated carbocycles. The lowest BCUT2D eigenvalue weighted by atomic mass is 10.2. The minimum Gasteiger partial charge on any atom is -0.489 e. The van der Waals surface area contributed by atoms with Gasteiger partial charge in [-0.3, -0.25) is 9.69 Å². The van der Waals surface area contributed by atoms with Gasteiger partial charge in [0.2, 0.25) is 0 Å². The molecule has 1 saturated heterocycles. The standard InChI is InChI=1S/C31H23Cl3N2O2S/c1-19-3-11-24(16-27(19)33)35-31-36(25-12-4-20(2)28(34)17-25)30(37)29(39-31)15-21-7-13-26(14-8-21)38-18-22-5-9-23(32)10-6-22/h3-17H,18H2,1-2H3/b29-15+,35-31?. The number of amides is 1. The van der Waals surface area contributed by atoms with Crippen molar-refractivity contribution in [2.75, 3.05) is 4.90 Å². The summed E-state index contributed by atoms with van der Waals surface area (Å²) < 4.78 is 5.89. The number of aliphatic imine (C=N–C) groups is 1. The number of thioether (sulfide) groups is 1. The highest BCUT2D eigenvalue weighted by atomic mass is 35.5. The van der Waals surface area contributed by atoms with E-state index in [0.717, 1.165) is 28.0 Å². The Morgan fingerprint density at radius 1 is 0.846 bits per heavy atom. The van der Waals surface area contributed by atoms with Crippen molar-refractivity contribution >= 4 is 75.1 Å². The number of amidine groups is 1. The molecular weight excluding hydrogens is 571 g/mol. The second-order valence-corrected chi connectivity index (χ2v) is 11.3. The number of halogens is 3. The topological polar surface area (TPSA) is 41.9 Å². The SMILES string of the molecule is Cc1ccc(N=C2S/C(=C/c3ccc(OCc4ccc(Cl)cc4)cc3)C(=O)N2c2ccc(C)c(Cl)c2)cc1Cl. The molecule has 1 aliphatic rings. The number of hydrogen-bond acceptors (Lipinski definition) is 4. The molecule has 4 aromatic rings. The van der Waals surface area contributed by atoms with E-state index < -0.39 is 0 Å². The molecule has 1 heterocycles. The minimum atomic E-state index is -0.181. The fraction of sp³-hybridized carbons (Fsp3) is 0.0968. The van der Waals surface area contributed by atoms with E-state index in [1.165, 1.54) is 11.8 Å². The van der Waals surface area contributed by atoms with Crippen LogP contribution in [-0.4, -0.2) is 11.1 Å². The largest absolute Gasteiger partial charge is 0.489 e. The average molecular weight is 594 g/mol. The summed E-state index contributed by atoms with van der Waals surface area (Å²) in [6.07, 6.45) is 1.85.